The van der Waals surface area contributed by atoms with E-state index in [-0.39, 0.29) is 20.8 Å². The number of anilines is 1. The minimum absolute atomic E-state index is 0.0584. The molecule has 27 heavy (non-hydrogen) atoms. The molecule has 1 fully saturated rings. The van der Waals surface area contributed by atoms with Gasteiger partial charge in [0.05, 0.1) is 29.3 Å². The van der Waals surface area contributed by atoms with Gasteiger partial charge >= 0.3 is 0 Å². The highest BCUT2D eigenvalue weighted by Crippen LogP contribution is 2.36. The summed E-state index contributed by atoms with van der Waals surface area (Å²) in [5, 5.41) is 20.1. The molecule has 2 aromatic rings. The molecule has 1 aliphatic heterocycles. The first kappa shape index (κ1) is 20.6. The fraction of sp³-hybridized carbons (Fsp3) is 0.250. The number of hydrogen-bond donors (Lipinski definition) is 2. The van der Waals surface area contributed by atoms with Crippen molar-refractivity contribution in [1.82, 2.24) is 0 Å². The van der Waals surface area contributed by atoms with Crippen LogP contribution in [-0.2, 0) is 19.9 Å². The first-order chi connectivity index (χ1) is 12.5. The number of rotatable bonds is 4. The number of phenolic OH excluding ortho intramolecular Hbond substituents is 1. The maximum atomic E-state index is 13.4. The molecule has 2 aromatic carbocycles. The zero-order valence-corrected chi connectivity index (χ0v) is 18.5. The molecule has 1 aliphatic rings. The van der Waals surface area contributed by atoms with Crippen LogP contribution >= 0.6 is 31.9 Å². The smallest absolute Gasteiger partial charge is 0.265 e. The van der Waals surface area contributed by atoms with E-state index in [0.717, 1.165) is 4.31 Å². The van der Waals surface area contributed by atoms with E-state index >= 15 is 0 Å². The maximum Gasteiger partial charge on any atom is 0.265 e. The van der Waals surface area contributed by atoms with Crippen molar-refractivity contribution in [3.05, 3.63) is 51.4 Å². The van der Waals surface area contributed by atoms with Crippen molar-refractivity contribution >= 4 is 57.4 Å². The maximum absolute atomic E-state index is 13.4. The number of sulfonamides is 1. The first-order valence-corrected chi connectivity index (χ1v) is 12.5. The van der Waals surface area contributed by atoms with Gasteiger partial charge in [-0.1, -0.05) is 22.0 Å². The Hall–Kier alpha value is -1.14. The van der Waals surface area contributed by atoms with Gasteiger partial charge in [0.25, 0.3) is 10.0 Å². The molecular formula is C16H15Br2NO6S2. The zero-order valence-electron chi connectivity index (χ0n) is 13.7. The normalized spacial score (nSPS) is 21.9. The number of nitrogens with zero attached hydrogens (tertiary/aromatic N) is 1. The Kier molecular flexibility index (Phi) is 5.61. The Morgan fingerprint density at radius 2 is 1.78 bits per heavy atom. The molecule has 0 amide bonds. The molecule has 0 spiro atoms. The van der Waals surface area contributed by atoms with Crippen LogP contribution < -0.4 is 4.31 Å². The van der Waals surface area contributed by atoms with Crippen molar-refractivity contribution in [2.45, 2.75) is 17.0 Å². The number of phenols is 1. The standard InChI is InChI=1S/C16H15Br2NO6S2/c17-10-4-5-13(18)16(6-10)27(24,25)19(11-2-1-3-12(20)7-11)14-8-26(22,23)9-15(14)21/h1-7,14-15,20-21H,8-9H2/t14-,15-/m0/s1. The SMILES string of the molecule is O=S1(=O)C[C@H](O)[C@@H](N(c2cccc(O)c2)S(=O)(=O)c2cc(Br)ccc2Br)C1. The highest BCUT2D eigenvalue weighted by Gasteiger charge is 2.45. The van der Waals surface area contributed by atoms with Gasteiger partial charge in [-0.15, -0.1) is 0 Å². The van der Waals surface area contributed by atoms with Crippen molar-refractivity contribution in [3.8, 4) is 5.75 Å². The molecule has 0 saturated carbocycles. The average molecular weight is 541 g/mol. The first-order valence-electron chi connectivity index (χ1n) is 7.68. The second kappa shape index (κ2) is 7.36. The average Bonchev–Trinajstić information content (AvgIpc) is 2.82. The van der Waals surface area contributed by atoms with Gasteiger partial charge in [-0.05, 0) is 46.3 Å². The molecule has 2 N–H and O–H groups in total. The summed E-state index contributed by atoms with van der Waals surface area (Å²) in [6.07, 6.45) is -1.39. The predicted molar refractivity (Wildman–Crippen MR) is 108 cm³/mol. The molecule has 146 valence electrons. The van der Waals surface area contributed by atoms with Crippen molar-refractivity contribution in [1.29, 1.82) is 0 Å². The quantitative estimate of drug-likeness (QED) is 0.615. The largest absolute Gasteiger partial charge is 0.508 e. The van der Waals surface area contributed by atoms with E-state index in [4.69, 9.17) is 0 Å². The van der Waals surface area contributed by atoms with Gasteiger partial charge in [-0.25, -0.2) is 16.8 Å². The number of halogens is 2. The van der Waals surface area contributed by atoms with Crippen LogP contribution in [-0.4, -0.2) is 50.7 Å². The van der Waals surface area contributed by atoms with Crippen molar-refractivity contribution in [3.63, 3.8) is 0 Å². The Balaban J connectivity index is 2.22. The van der Waals surface area contributed by atoms with Crippen LogP contribution in [0.3, 0.4) is 0 Å². The van der Waals surface area contributed by atoms with E-state index in [0.29, 0.717) is 4.47 Å². The fourth-order valence-electron chi connectivity index (χ4n) is 2.95. The Labute approximate surface area is 173 Å². The van der Waals surface area contributed by atoms with Crippen LogP contribution in [0.4, 0.5) is 5.69 Å². The van der Waals surface area contributed by atoms with Crippen molar-refractivity contribution in [2.75, 3.05) is 15.8 Å². The van der Waals surface area contributed by atoms with E-state index in [1.54, 1.807) is 12.1 Å². The van der Waals surface area contributed by atoms with E-state index < -0.39 is 43.5 Å². The van der Waals surface area contributed by atoms with Crippen molar-refractivity contribution < 1.29 is 27.0 Å². The molecule has 0 aromatic heterocycles. The summed E-state index contributed by atoms with van der Waals surface area (Å²) in [5.74, 6) is -1.23. The summed E-state index contributed by atoms with van der Waals surface area (Å²) >= 11 is 6.44. The van der Waals surface area contributed by atoms with Gasteiger partial charge < -0.3 is 10.2 Å². The summed E-state index contributed by atoms with van der Waals surface area (Å²) in [6.45, 7) is 0. The monoisotopic (exact) mass is 539 g/mol. The molecule has 0 bridgehead atoms. The van der Waals surface area contributed by atoms with Crippen LogP contribution in [0.2, 0.25) is 0 Å². The van der Waals surface area contributed by atoms with Crippen LogP contribution in [0.25, 0.3) is 0 Å². The van der Waals surface area contributed by atoms with E-state index in [9.17, 15) is 27.0 Å². The van der Waals surface area contributed by atoms with Gasteiger partial charge in [0, 0.05) is 15.0 Å². The van der Waals surface area contributed by atoms with Gasteiger partial charge in [0.2, 0.25) is 0 Å². The topological polar surface area (TPSA) is 112 Å². The minimum atomic E-state index is -4.27. The van der Waals surface area contributed by atoms with Crippen LogP contribution in [0.1, 0.15) is 0 Å². The van der Waals surface area contributed by atoms with Gasteiger partial charge in [0.1, 0.15) is 10.6 Å². The molecule has 7 nitrogen and oxygen atoms in total. The number of aliphatic hydroxyl groups excluding tert-OH is 1. The van der Waals surface area contributed by atoms with Gasteiger partial charge in [0.15, 0.2) is 9.84 Å². The van der Waals surface area contributed by atoms with E-state index in [2.05, 4.69) is 31.9 Å². The lowest BCUT2D eigenvalue weighted by Gasteiger charge is -2.31. The Morgan fingerprint density at radius 1 is 1.07 bits per heavy atom. The fourth-order valence-corrected chi connectivity index (χ4v) is 7.96. The number of aliphatic hydroxyl groups is 1. The van der Waals surface area contributed by atoms with E-state index in [1.165, 1.54) is 30.3 Å². The molecule has 0 aliphatic carbocycles. The second-order valence-corrected chi connectivity index (χ2v) is 11.8. The van der Waals surface area contributed by atoms with Crippen LogP contribution in [0, 0.1) is 0 Å². The van der Waals surface area contributed by atoms with Crippen LogP contribution in [0.15, 0.2) is 56.3 Å². The van der Waals surface area contributed by atoms with Crippen LogP contribution in [0.5, 0.6) is 5.75 Å². The summed E-state index contributed by atoms with van der Waals surface area (Å²) in [5.41, 5.74) is 0.0584. The number of aromatic hydroxyl groups is 1. The summed E-state index contributed by atoms with van der Waals surface area (Å²) < 4.78 is 52.5. The third-order valence-electron chi connectivity index (χ3n) is 4.11. The molecule has 0 unspecified atom stereocenters. The second-order valence-electron chi connectivity index (χ2n) is 6.11. The highest BCUT2D eigenvalue weighted by atomic mass is 79.9. The lowest BCUT2D eigenvalue weighted by atomic mass is 10.2. The molecule has 11 heteroatoms. The van der Waals surface area contributed by atoms with Crippen molar-refractivity contribution in [2.24, 2.45) is 0 Å². The molecule has 2 atom stereocenters. The summed E-state index contributed by atoms with van der Waals surface area (Å²) in [4.78, 5) is -0.100. The molecule has 1 saturated heterocycles. The number of sulfone groups is 1. The van der Waals surface area contributed by atoms with Gasteiger partial charge in [-0.2, -0.15) is 0 Å². The Morgan fingerprint density at radius 3 is 2.37 bits per heavy atom. The lowest BCUT2D eigenvalue weighted by molar-refractivity contribution is 0.184. The third-order valence-corrected chi connectivity index (χ3v) is 9.15. The molecule has 3 rings (SSSR count). The zero-order chi connectivity index (χ0) is 20.0. The number of hydrogen-bond acceptors (Lipinski definition) is 6. The third kappa shape index (κ3) is 4.16. The Bertz CT molecular complexity index is 1090. The number of benzene rings is 2. The molecule has 1 heterocycles. The minimum Gasteiger partial charge on any atom is -0.508 e. The molecule has 0 radical (unpaired) electrons. The van der Waals surface area contributed by atoms with E-state index in [1.807, 2.05) is 0 Å². The lowest BCUT2D eigenvalue weighted by Crippen LogP contribution is -2.47. The van der Waals surface area contributed by atoms with Gasteiger partial charge in [-0.3, -0.25) is 4.31 Å². The predicted octanol–water partition coefficient (Wildman–Crippen LogP) is 2.27. The molecular weight excluding hydrogens is 526 g/mol. The highest BCUT2D eigenvalue weighted by molar-refractivity contribution is 9.11. The summed E-state index contributed by atoms with van der Waals surface area (Å²) in [6, 6.07) is 8.81. The summed E-state index contributed by atoms with van der Waals surface area (Å²) in [7, 11) is -7.88.